The molecule has 0 saturated carbocycles. The molecular weight excluding hydrogens is 335 g/mol. The van der Waals surface area contributed by atoms with E-state index in [1.54, 1.807) is 24.6 Å². The number of fused-ring (bicyclic) bond motifs is 1. The number of carbonyl (C=O) groups is 1. The minimum Gasteiger partial charge on any atom is -0.505 e. The fourth-order valence-corrected chi connectivity index (χ4v) is 2.97. The van der Waals surface area contributed by atoms with Crippen LogP contribution < -0.4 is 10.7 Å². The lowest BCUT2D eigenvalue weighted by Gasteiger charge is -2.15. The fourth-order valence-electron chi connectivity index (χ4n) is 2.97. The zero-order chi connectivity index (χ0) is 19.0. The second-order valence-electron chi connectivity index (χ2n) is 6.17. The smallest absolute Gasteiger partial charge is 0.261 e. The molecule has 2 N–H and O–H groups in total. The lowest BCUT2D eigenvalue weighted by Crippen LogP contribution is -2.26. The molecule has 1 heterocycles. The largest absolute Gasteiger partial charge is 0.505 e. The molecule has 0 atom stereocenters. The quantitative estimate of drug-likeness (QED) is 0.707. The SMILES string of the molecule is CCc1ccc2c(c1)c(=O)c(C(=O)Nc1ccc(O)c(F)c1)c(C)n2C. The van der Waals surface area contributed by atoms with E-state index in [4.69, 9.17) is 0 Å². The van der Waals surface area contributed by atoms with E-state index in [1.165, 1.54) is 6.07 Å². The van der Waals surface area contributed by atoms with E-state index in [0.717, 1.165) is 29.6 Å². The Morgan fingerprint density at radius 3 is 2.62 bits per heavy atom. The standard InChI is InChI=1S/C20H19FN2O3/c1-4-12-5-7-16-14(9-12)19(25)18(11(2)23(16)3)20(26)22-13-6-8-17(24)15(21)10-13/h5-10,24H,4H2,1-3H3,(H,22,26). The molecule has 134 valence electrons. The van der Waals surface area contributed by atoms with Gasteiger partial charge in [-0.3, -0.25) is 9.59 Å². The summed E-state index contributed by atoms with van der Waals surface area (Å²) in [5, 5.41) is 12.2. The van der Waals surface area contributed by atoms with Gasteiger partial charge in [0.15, 0.2) is 11.6 Å². The van der Waals surface area contributed by atoms with Gasteiger partial charge in [0.2, 0.25) is 5.43 Å². The Hall–Kier alpha value is -3.15. The summed E-state index contributed by atoms with van der Waals surface area (Å²) in [5.41, 5.74) is 2.09. The third-order valence-corrected chi connectivity index (χ3v) is 4.60. The topological polar surface area (TPSA) is 71.3 Å². The first-order valence-corrected chi connectivity index (χ1v) is 8.25. The predicted molar refractivity (Wildman–Crippen MR) is 99.3 cm³/mol. The molecule has 0 saturated heterocycles. The Morgan fingerprint density at radius 2 is 1.96 bits per heavy atom. The molecule has 3 aromatic rings. The number of benzene rings is 2. The van der Waals surface area contributed by atoms with Crippen molar-refractivity contribution >= 4 is 22.5 Å². The van der Waals surface area contributed by atoms with Crippen LogP contribution in [-0.2, 0) is 13.5 Å². The van der Waals surface area contributed by atoms with Gasteiger partial charge in [0.05, 0.1) is 5.52 Å². The number of aromatic nitrogens is 1. The average Bonchev–Trinajstić information content (AvgIpc) is 2.62. The summed E-state index contributed by atoms with van der Waals surface area (Å²) >= 11 is 0. The molecule has 3 rings (SSSR count). The number of nitrogens with one attached hydrogen (secondary N) is 1. The molecule has 5 nitrogen and oxygen atoms in total. The number of pyridine rings is 1. The highest BCUT2D eigenvalue weighted by Gasteiger charge is 2.19. The number of rotatable bonds is 3. The first-order chi connectivity index (χ1) is 12.3. The number of amides is 1. The number of halogens is 1. The third kappa shape index (κ3) is 2.94. The van der Waals surface area contributed by atoms with E-state index >= 15 is 0 Å². The number of carbonyl (C=O) groups excluding carboxylic acids is 1. The normalized spacial score (nSPS) is 10.9. The Morgan fingerprint density at radius 1 is 1.23 bits per heavy atom. The van der Waals surface area contributed by atoms with Gasteiger partial charge in [-0.25, -0.2) is 4.39 Å². The minimum absolute atomic E-state index is 0.0155. The average molecular weight is 354 g/mol. The summed E-state index contributed by atoms with van der Waals surface area (Å²) in [4.78, 5) is 25.6. The van der Waals surface area contributed by atoms with Crippen LogP contribution in [0, 0.1) is 12.7 Å². The number of aromatic hydroxyl groups is 1. The van der Waals surface area contributed by atoms with Crippen molar-refractivity contribution in [3.05, 3.63) is 69.3 Å². The maximum Gasteiger partial charge on any atom is 0.261 e. The number of nitrogens with zero attached hydrogens (tertiary/aromatic N) is 1. The number of hydrogen-bond donors (Lipinski definition) is 2. The van der Waals surface area contributed by atoms with Crippen LogP contribution in [0.2, 0.25) is 0 Å². The molecule has 0 aliphatic carbocycles. The number of hydrogen-bond acceptors (Lipinski definition) is 3. The third-order valence-electron chi connectivity index (χ3n) is 4.60. The van der Waals surface area contributed by atoms with Crippen molar-refractivity contribution in [3.63, 3.8) is 0 Å². The van der Waals surface area contributed by atoms with Crippen LogP contribution in [0.1, 0.15) is 28.5 Å². The molecule has 26 heavy (non-hydrogen) atoms. The van der Waals surface area contributed by atoms with Gasteiger partial charge >= 0.3 is 0 Å². The highest BCUT2D eigenvalue weighted by atomic mass is 19.1. The van der Waals surface area contributed by atoms with Crippen LogP contribution in [0.15, 0.2) is 41.2 Å². The van der Waals surface area contributed by atoms with Gasteiger partial charge in [-0.05, 0) is 43.2 Å². The van der Waals surface area contributed by atoms with Crippen LogP contribution in [0.25, 0.3) is 10.9 Å². The molecule has 0 aliphatic rings. The van der Waals surface area contributed by atoms with Crippen molar-refractivity contribution in [1.82, 2.24) is 4.57 Å². The summed E-state index contributed by atoms with van der Waals surface area (Å²) < 4.78 is 15.3. The molecule has 0 unspecified atom stereocenters. The minimum atomic E-state index is -0.849. The lowest BCUT2D eigenvalue weighted by molar-refractivity contribution is 0.102. The number of phenolic OH excluding ortho intramolecular Hbond substituents is 1. The van der Waals surface area contributed by atoms with Gasteiger partial charge in [0, 0.05) is 29.9 Å². The zero-order valence-electron chi connectivity index (χ0n) is 14.8. The Kier molecular flexibility index (Phi) is 4.50. The van der Waals surface area contributed by atoms with Gasteiger partial charge in [-0.2, -0.15) is 0 Å². The highest BCUT2D eigenvalue weighted by molar-refractivity contribution is 6.06. The van der Waals surface area contributed by atoms with Crippen molar-refractivity contribution in [2.75, 3.05) is 5.32 Å². The monoisotopic (exact) mass is 354 g/mol. The first kappa shape index (κ1) is 17.7. The van der Waals surface area contributed by atoms with E-state index in [2.05, 4.69) is 5.32 Å². The highest BCUT2D eigenvalue weighted by Crippen LogP contribution is 2.21. The lowest BCUT2D eigenvalue weighted by atomic mass is 10.0. The van der Waals surface area contributed by atoms with E-state index in [-0.39, 0.29) is 16.7 Å². The maximum atomic E-state index is 13.5. The molecular formula is C20H19FN2O3. The maximum absolute atomic E-state index is 13.5. The molecule has 2 aromatic carbocycles. The van der Waals surface area contributed by atoms with Gasteiger partial charge in [0.1, 0.15) is 5.56 Å². The van der Waals surface area contributed by atoms with Gasteiger partial charge < -0.3 is 15.0 Å². The second kappa shape index (κ2) is 6.63. The summed E-state index contributed by atoms with van der Waals surface area (Å²) in [5.74, 6) is -1.97. The van der Waals surface area contributed by atoms with Crippen LogP contribution >= 0.6 is 0 Å². The van der Waals surface area contributed by atoms with Crippen molar-refractivity contribution in [2.45, 2.75) is 20.3 Å². The Labute approximate surface area is 149 Å². The fraction of sp³-hybridized carbons (Fsp3) is 0.200. The van der Waals surface area contributed by atoms with Gasteiger partial charge in [-0.1, -0.05) is 13.0 Å². The molecule has 0 aliphatic heterocycles. The predicted octanol–water partition coefficient (Wildman–Crippen LogP) is 3.51. The van der Waals surface area contributed by atoms with Crippen LogP contribution in [-0.4, -0.2) is 15.6 Å². The number of phenols is 1. The molecule has 0 fully saturated rings. The number of anilines is 1. The molecule has 6 heteroatoms. The van der Waals surface area contributed by atoms with E-state index in [1.807, 2.05) is 19.1 Å². The van der Waals surface area contributed by atoms with Crippen molar-refractivity contribution < 1.29 is 14.3 Å². The summed E-state index contributed by atoms with van der Waals surface area (Å²) in [6.07, 6.45) is 0.779. The van der Waals surface area contributed by atoms with Crippen LogP contribution in [0.5, 0.6) is 5.75 Å². The molecule has 1 aromatic heterocycles. The Bertz CT molecular complexity index is 1090. The summed E-state index contributed by atoms with van der Waals surface area (Å²) in [7, 11) is 1.79. The van der Waals surface area contributed by atoms with Crippen LogP contribution in [0.3, 0.4) is 0 Å². The molecule has 1 amide bonds. The zero-order valence-corrected chi connectivity index (χ0v) is 14.8. The van der Waals surface area contributed by atoms with Crippen molar-refractivity contribution in [3.8, 4) is 5.75 Å². The first-order valence-electron chi connectivity index (χ1n) is 8.25. The Balaban J connectivity index is 2.12. The van der Waals surface area contributed by atoms with Crippen molar-refractivity contribution in [2.24, 2.45) is 7.05 Å². The molecule has 0 bridgehead atoms. The van der Waals surface area contributed by atoms with Crippen LogP contribution in [0.4, 0.5) is 10.1 Å². The number of aryl methyl sites for hydroxylation is 2. The van der Waals surface area contributed by atoms with Gasteiger partial charge in [-0.15, -0.1) is 0 Å². The van der Waals surface area contributed by atoms with E-state index in [0.29, 0.717) is 11.1 Å². The summed E-state index contributed by atoms with van der Waals surface area (Å²) in [6, 6.07) is 9.15. The molecule has 0 spiro atoms. The van der Waals surface area contributed by atoms with E-state index < -0.39 is 17.5 Å². The van der Waals surface area contributed by atoms with Gasteiger partial charge in [0.25, 0.3) is 5.91 Å². The van der Waals surface area contributed by atoms with E-state index in [9.17, 15) is 19.1 Å². The molecule has 0 radical (unpaired) electrons. The second-order valence-corrected chi connectivity index (χ2v) is 6.17. The van der Waals surface area contributed by atoms with Crippen molar-refractivity contribution in [1.29, 1.82) is 0 Å². The summed E-state index contributed by atoms with van der Waals surface area (Å²) in [6.45, 7) is 3.69.